The van der Waals surface area contributed by atoms with Crippen molar-refractivity contribution in [1.82, 2.24) is 19.8 Å². The molecule has 1 aromatic carbocycles. The van der Waals surface area contributed by atoms with Crippen LogP contribution in [0, 0.1) is 0 Å². The maximum Gasteiger partial charge on any atom is 0.316 e. The third kappa shape index (κ3) is 4.94. The van der Waals surface area contributed by atoms with Crippen LogP contribution in [0.1, 0.15) is 46.9 Å². The molecule has 0 saturated carbocycles. The van der Waals surface area contributed by atoms with Crippen molar-refractivity contribution in [3.63, 3.8) is 0 Å². The second kappa shape index (κ2) is 9.70. The number of morpholine rings is 1. The standard InChI is InChI=1S/C23H30N4O5/c1-15(2)17-11-18(21(29)12-20(17)28)22(30)27-4-3-19-16(14-27)13-24-23(25-19)32-10-7-26-5-8-31-9-6-26/h11-13,15,28-29H,3-10,14H2,1-2H3. The van der Waals surface area contributed by atoms with E-state index in [1.165, 1.54) is 6.07 Å². The van der Waals surface area contributed by atoms with Crippen molar-refractivity contribution in [3.05, 3.63) is 40.7 Å². The number of phenols is 2. The van der Waals surface area contributed by atoms with Crippen LogP contribution >= 0.6 is 0 Å². The van der Waals surface area contributed by atoms with Crippen molar-refractivity contribution in [2.75, 3.05) is 46.0 Å². The van der Waals surface area contributed by atoms with Gasteiger partial charge in [-0.25, -0.2) is 4.98 Å². The van der Waals surface area contributed by atoms with E-state index in [0.717, 1.165) is 44.1 Å². The molecule has 0 bridgehead atoms. The van der Waals surface area contributed by atoms with Crippen molar-refractivity contribution >= 4 is 5.91 Å². The van der Waals surface area contributed by atoms with E-state index >= 15 is 0 Å². The highest BCUT2D eigenvalue weighted by Crippen LogP contribution is 2.33. The lowest BCUT2D eigenvalue weighted by molar-refractivity contribution is 0.0317. The Hall–Kier alpha value is -2.91. The van der Waals surface area contributed by atoms with E-state index in [2.05, 4.69) is 14.9 Å². The van der Waals surface area contributed by atoms with Crippen molar-refractivity contribution in [1.29, 1.82) is 0 Å². The summed E-state index contributed by atoms with van der Waals surface area (Å²) in [5.74, 6) is -0.476. The van der Waals surface area contributed by atoms with Gasteiger partial charge in [0.15, 0.2) is 0 Å². The summed E-state index contributed by atoms with van der Waals surface area (Å²) in [5.41, 5.74) is 2.57. The van der Waals surface area contributed by atoms with Gasteiger partial charge in [0, 0.05) is 57.0 Å². The predicted octanol–water partition coefficient (Wildman–Crippen LogP) is 1.92. The molecule has 2 aliphatic heterocycles. The molecule has 32 heavy (non-hydrogen) atoms. The molecule has 0 spiro atoms. The summed E-state index contributed by atoms with van der Waals surface area (Å²) in [6, 6.07) is 3.17. The Morgan fingerprint density at radius 3 is 2.72 bits per heavy atom. The third-order valence-electron chi connectivity index (χ3n) is 5.94. The summed E-state index contributed by atoms with van der Waals surface area (Å²) in [7, 11) is 0. The first-order valence-corrected chi connectivity index (χ1v) is 11.0. The molecule has 1 amide bonds. The number of carbonyl (C=O) groups excluding carboxylic acids is 1. The normalized spacial score (nSPS) is 16.8. The number of benzene rings is 1. The first kappa shape index (κ1) is 22.3. The number of nitrogens with zero attached hydrogens (tertiary/aromatic N) is 4. The molecule has 4 rings (SSSR count). The number of fused-ring (bicyclic) bond motifs is 1. The van der Waals surface area contributed by atoms with Crippen LogP contribution in [0.4, 0.5) is 0 Å². The van der Waals surface area contributed by atoms with Gasteiger partial charge < -0.3 is 24.6 Å². The Morgan fingerprint density at radius 2 is 1.97 bits per heavy atom. The average molecular weight is 443 g/mol. The highest BCUT2D eigenvalue weighted by Gasteiger charge is 2.26. The number of hydrogen-bond acceptors (Lipinski definition) is 8. The molecule has 0 radical (unpaired) electrons. The molecular formula is C23H30N4O5. The molecule has 0 atom stereocenters. The fourth-order valence-electron chi connectivity index (χ4n) is 4.03. The maximum atomic E-state index is 13.1. The van der Waals surface area contributed by atoms with Crippen LogP contribution in [0.25, 0.3) is 0 Å². The highest BCUT2D eigenvalue weighted by molar-refractivity contribution is 5.97. The molecule has 0 unspecified atom stereocenters. The minimum Gasteiger partial charge on any atom is -0.508 e. The lowest BCUT2D eigenvalue weighted by Gasteiger charge is -2.29. The van der Waals surface area contributed by atoms with Gasteiger partial charge in [0.2, 0.25) is 0 Å². The van der Waals surface area contributed by atoms with Crippen molar-refractivity contribution < 1.29 is 24.5 Å². The number of ether oxygens (including phenoxy) is 2. The lowest BCUT2D eigenvalue weighted by atomic mass is 9.97. The highest BCUT2D eigenvalue weighted by atomic mass is 16.5. The predicted molar refractivity (Wildman–Crippen MR) is 117 cm³/mol. The molecule has 2 aliphatic rings. The number of carbonyl (C=O) groups is 1. The monoisotopic (exact) mass is 442 g/mol. The van der Waals surface area contributed by atoms with Crippen LogP contribution in [0.2, 0.25) is 0 Å². The van der Waals surface area contributed by atoms with Gasteiger partial charge in [-0.3, -0.25) is 9.69 Å². The van der Waals surface area contributed by atoms with E-state index in [-0.39, 0.29) is 28.9 Å². The number of aromatic nitrogens is 2. The van der Waals surface area contributed by atoms with Gasteiger partial charge in [-0.15, -0.1) is 0 Å². The van der Waals surface area contributed by atoms with Gasteiger partial charge in [-0.05, 0) is 17.5 Å². The molecule has 172 valence electrons. The second-order valence-electron chi connectivity index (χ2n) is 8.49. The van der Waals surface area contributed by atoms with Crippen LogP contribution in [0.15, 0.2) is 18.3 Å². The zero-order valence-electron chi connectivity index (χ0n) is 18.6. The quantitative estimate of drug-likeness (QED) is 0.699. The summed E-state index contributed by atoms with van der Waals surface area (Å²) < 4.78 is 11.1. The van der Waals surface area contributed by atoms with E-state index < -0.39 is 0 Å². The molecule has 9 nitrogen and oxygen atoms in total. The summed E-state index contributed by atoms with van der Waals surface area (Å²) in [6.07, 6.45) is 2.29. The summed E-state index contributed by atoms with van der Waals surface area (Å²) in [4.78, 5) is 25.9. The van der Waals surface area contributed by atoms with Crippen LogP contribution < -0.4 is 4.74 Å². The Labute approximate surface area is 187 Å². The fraction of sp³-hybridized carbons (Fsp3) is 0.522. The fourth-order valence-corrected chi connectivity index (χ4v) is 4.03. The van der Waals surface area contributed by atoms with E-state index in [4.69, 9.17) is 9.47 Å². The van der Waals surface area contributed by atoms with Crippen LogP contribution in [-0.2, 0) is 17.7 Å². The molecule has 1 fully saturated rings. The van der Waals surface area contributed by atoms with Crippen LogP contribution in [0.3, 0.4) is 0 Å². The van der Waals surface area contributed by atoms with Gasteiger partial charge in [0.1, 0.15) is 18.1 Å². The van der Waals surface area contributed by atoms with Gasteiger partial charge >= 0.3 is 6.01 Å². The van der Waals surface area contributed by atoms with Crippen molar-refractivity contribution in [3.8, 4) is 17.5 Å². The smallest absolute Gasteiger partial charge is 0.316 e. The van der Waals surface area contributed by atoms with E-state index in [9.17, 15) is 15.0 Å². The van der Waals surface area contributed by atoms with Gasteiger partial charge in [-0.2, -0.15) is 4.98 Å². The van der Waals surface area contributed by atoms with Crippen LogP contribution in [0.5, 0.6) is 17.5 Å². The van der Waals surface area contributed by atoms with Crippen molar-refractivity contribution in [2.24, 2.45) is 0 Å². The largest absolute Gasteiger partial charge is 0.508 e. The zero-order valence-corrected chi connectivity index (χ0v) is 18.6. The molecule has 2 N–H and O–H groups in total. The third-order valence-corrected chi connectivity index (χ3v) is 5.94. The summed E-state index contributed by atoms with van der Waals surface area (Å²) >= 11 is 0. The van der Waals surface area contributed by atoms with Gasteiger partial charge in [-0.1, -0.05) is 13.8 Å². The first-order chi connectivity index (χ1) is 15.4. The second-order valence-corrected chi connectivity index (χ2v) is 8.49. The molecule has 2 aromatic rings. The molecule has 1 saturated heterocycles. The number of amides is 1. The molecule has 0 aliphatic carbocycles. The minimum atomic E-state index is -0.277. The molecular weight excluding hydrogens is 412 g/mol. The number of hydrogen-bond donors (Lipinski definition) is 2. The number of aromatic hydroxyl groups is 2. The average Bonchev–Trinajstić information content (AvgIpc) is 2.79. The van der Waals surface area contributed by atoms with Gasteiger partial charge in [0.05, 0.1) is 24.5 Å². The van der Waals surface area contributed by atoms with E-state index in [1.807, 2.05) is 13.8 Å². The summed E-state index contributed by atoms with van der Waals surface area (Å²) in [6.45, 7) is 9.34. The molecule has 9 heteroatoms. The SMILES string of the molecule is CC(C)c1cc(C(=O)N2CCc3nc(OCCN4CCOCC4)ncc3C2)c(O)cc1O. The Balaban J connectivity index is 1.39. The van der Waals surface area contributed by atoms with Crippen molar-refractivity contribution in [2.45, 2.75) is 32.7 Å². The number of rotatable bonds is 6. The minimum absolute atomic E-state index is 0.00686. The topological polar surface area (TPSA) is 108 Å². The van der Waals surface area contributed by atoms with Crippen LogP contribution in [-0.4, -0.2) is 81.9 Å². The first-order valence-electron chi connectivity index (χ1n) is 11.0. The van der Waals surface area contributed by atoms with E-state index in [0.29, 0.717) is 37.7 Å². The van der Waals surface area contributed by atoms with E-state index in [1.54, 1.807) is 17.2 Å². The lowest BCUT2D eigenvalue weighted by Crippen LogP contribution is -2.38. The number of phenolic OH excluding ortho intramolecular Hbond substituents is 2. The molecule has 3 heterocycles. The summed E-state index contributed by atoms with van der Waals surface area (Å²) in [5, 5.41) is 20.3. The zero-order chi connectivity index (χ0) is 22.7. The Bertz CT molecular complexity index is 975. The van der Waals surface area contributed by atoms with Gasteiger partial charge in [0.25, 0.3) is 5.91 Å². The Kier molecular flexibility index (Phi) is 6.76. The Morgan fingerprint density at radius 1 is 1.19 bits per heavy atom. The maximum absolute atomic E-state index is 13.1. The molecule has 1 aromatic heterocycles.